The molecular weight excluding hydrogens is 292 g/mol. The molecule has 0 atom stereocenters. The van der Waals surface area contributed by atoms with Crippen LogP contribution in [0.5, 0.6) is 5.75 Å². The van der Waals surface area contributed by atoms with E-state index in [2.05, 4.69) is 80.6 Å². The Labute approximate surface area is 144 Å². The quantitative estimate of drug-likeness (QED) is 0.508. The fourth-order valence-corrected chi connectivity index (χ4v) is 2.71. The van der Waals surface area contributed by atoms with Crippen molar-refractivity contribution in [1.29, 1.82) is 0 Å². The number of hydrogen-bond acceptors (Lipinski definition) is 1. The average molecular weight is 316 g/mol. The van der Waals surface area contributed by atoms with Crippen molar-refractivity contribution >= 4 is 0 Å². The molecule has 0 aromatic heterocycles. The molecule has 0 bridgehead atoms. The zero-order valence-electron chi connectivity index (χ0n) is 14.4. The summed E-state index contributed by atoms with van der Waals surface area (Å²) in [5.74, 6) is 1.62. The minimum absolute atomic E-state index is 0.655. The monoisotopic (exact) mass is 316 g/mol. The summed E-state index contributed by atoms with van der Waals surface area (Å²) in [5, 5.41) is 0. The van der Waals surface area contributed by atoms with Crippen LogP contribution in [-0.4, -0.2) is 6.61 Å². The molecule has 0 aliphatic carbocycles. The molecule has 3 aromatic carbocycles. The summed E-state index contributed by atoms with van der Waals surface area (Å²) in [6.07, 6.45) is 1.07. The Kier molecular flexibility index (Phi) is 5.32. The molecule has 1 heteroatoms. The zero-order chi connectivity index (χ0) is 16.8. The molecule has 3 aromatic rings. The molecule has 0 fully saturated rings. The van der Waals surface area contributed by atoms with Crippen molar-refractivity contribution in [2.45, 2.75) is 20.3 Å². The van der Waals surface area contributed by atoms with Crippen LogP contribution in [0.3, 0.4) is 0 Å². The predicted octanol–water partition coefficient (Wildman–Crippen LogP) is 6.45. The van der Waals surface area contributed by atoms with Crippen LogP contribution in [0.4, 0.5) is 0 Å². The molecule has 122 valence electrons. The van der Waals surface area contributed by atoms with Gasteiger partial charge in [-0.05, 0) is 35.1 Å². The maximum absolute atomic E-state index is 6.02. The zero-order valence-corrected chi connectivity index (χ0v) is 14.4. The number of hydrogen-bond donors (Lipinski definition) is 0. The number of benzene rings is 3. The first kappa shape index (κ1) is 16.3. The maximum atomic E-state index is 6.02. The van der Waals surface area contributed by atoms with E-state index in [1.165, 1.54) is 16.7 Å². The highest BCUT2D eigenvalue weighted by Crippen LogP contribution is 2.31. The molecule has 1 nitrogen and oxygen atoms in total. The first-order valence-corrected chi connectivity index (χ1v) is 8.62. The number of rotatable bonds is 6. The van der Waals surface area contributed by atoms with Gasteiger partial charge in [-0.1, -0.05) is 86.6 Å². The van der Waals surface area contributed by atoms with Crippen molar-refractivity contribution in [3.63, 3.8) is 0 Å². The van der Waals surface area contributed by atoms with Gasteiger partial charge in [0.15, 0.2) is 0 Å². The minimum atomic E-state index is 0.655. The van der Waals surface area contributed by atoms with Crippen molar-refractivity contribution in [3.8, 4) is 28.0 Å². The first-order valence-electron chi connectivity index (χ1n) is 8.62. The number of para-hydroxylation sites is 1. The van der Waals surface area contributed by atoms with Gasteiger partial charge in [0.05, 0.1) is 6.61 Å². The summed E-state index contributed by atoms with van der Waals surface area (Å²) in [6.45, 7) is 5.20. The molecule has 0 radical (unpaired) electrons. The third-order valence-corrected chi connectivity index (χ3v) is 4.14. The highest BCUT2D eigenvalue weighted by Gasteiger charge is 2.07. The van der Waals surface area contributed by atoms with E-state index in [0.717, 1.165) is 24.3 Å². The molecule has 0 spiro atoms. The van der Waals surface area contributed by atoms with Crippen LogP contribution in [0.15, 0.2) is 78.9 Å². The van der Waals surface area contributed by atoms with Crippen molar-refractivity contribution in [1.82, 2.24) is 0 Å². The summed E-state index contributed by atoms with van der Waals surface area (Å²) in [7, 11) is 0. The SMILES string of the molecule is CC(C)CCOc1ccccc1-c1ccc(-c2ccccc2)cc1. The van der Waals surface area contributed by atoms with Gasteiger partial charge >= 0.3 is 0 Å². The van der Waals surface area contributed by atoms with Crippen LogP contribution in [0.25, 0.3) is 22.3 Å². The van der Waals surface area contributed by atoms with E-state index in [4.69, 9.17) is 4.74 Å². The smallest absolute Gasteiger partial charge is 0.127 e. The summed E-state index contributed by atoms with van der Waals surface area (Å²) < 4.78 is 6.02. The van der Waals surface area contributed by atoms with Gasteiger partial charge in [-0.3, -0.25) is 0 Å². The van der Waals surface area contributed by atoms with E-state index in [0.29, 0.717) is 5.92 Å². The second-order valence-electron chi connectivity index (χ2n) is 6.47. The largest absolute Gasteiger partial charge is 0.493 e. The van der Waals surface area contributed by atoms with E-state index in [9.17, 15) is 0 Å². The van der Waals surface area contributed by atoms with Gasteiger partial charge in [-0.25, -0.2) is 0 Å². The standard InChI is InChI=1S/C23H24O/c1-18(2)16-17-24-23-11-7-6-10-22(23)21-14-12-20(13-15-21)19-8-4-3-5-9-19/h3-15,18H,16-17H2,1-2H3. The Morgan fingerprint density at radius 2 is 1.25 bits per heavy atom. The fourth-order valence-electron chi connectivity index (χ4n) is 2.71. The third kappa shape index (κ3) is 4.05. The highest BCUT2D eigenvalue weighted by molar-refractivity contribution is 5.74. The van der Waals surface area contributed by atoms with Gasteiger partial charge in [-0.2, -0.15) is 0 Å². The lowest BCUT2D eigenvalue weighted by atomic mass is 10.00. The summed E-state index contributed by atoms with van der Waals surface area (Å²) in [6, 6.07) is 27.4. The summed E-state index contributed by atoms with van der Waals surface area (Å²) >= 11 is 0. The van der Waals surface area contributed by atoms with Crippen LogP contribution >= 0.6 is 0 Å². The molecule has 0 unspecified atom stereocenters. The topological polar surface area (TPSA) is 9.23 Å². The van der Waals surface area contributed by atoms with Gasteiger partial charge in [0.25, 0.3) is 0 Å². The molecule has 0 heterocycles. The van der Waals surface area contributed by atoms with Gasteiger partial charge < -0.3 is 4.74 Å². The Morgan fingerprint density at radius 3 is 1.96 bits per heavy atom. The van der Waals surface area contributed by atoms with E-state index in [1.54, 1.807) is 0 Å². The van der Waals surface area contributed by atoms with Gasteiger partial charge in [0, 0.05) is 5.56 Å². The van der Waals surface area contributed by atoms with Gasteiger partial charge in [0.1, 0.15) is 5.75 Å². The Morgan fingerprint density at radius 1 is 0.667 bits per heavy atom. The Balaban J connectivity index is 1.82. The van der Waals surface area contributed by atoms with Crippen molar-refractivity contribution in [3.05, 3.63) is 78.9 Å². The van der Waals surface area contributed by atoms with Crippen molar-refractivity contribution in [2.24, 2.45) is 5.92 Å². The van der Waals surface area contributed by atoms with Crippen LogP contribution in [0, 0.1) is 5.92 Å². The van der Waals surface area contributed by atoms with Crippen LogP contribution in [0.2, 0.25) is 0 Å². The Bertz CT molecular complexity index is 758. The van der Waals surface area contributed by atoms with Crippen LogP contribution in [0.1, 0.15) is 20.3 Å². The molecule has 0 N–H and O–H groups in total. The molecule has 0 amide bonds. The minimum Gasteiger partial charge on any atom is -0.493 e. The van der Waals surface area contributed by atoms with E-state index < -0.39 is 0 Å². The molecular formula is C23H24O. The third-order valence-electron chi connectivity index (χ3n) is 4.14. The van der Waals surface area contributed by atoms with Crippen LogP contribution < -0.4 is 4.74 Å². The Hall–Kier alpha value is -2.54. The lowest BCUT2D eigenvalue weighted by molar-refractivity contribution is 0.290. The normalized spacial score (nSPS) is 10.8. The maximum Gasteiger partial charge on any atom is 0.127 e. The summed E-state index contributed by atoms with van der Waals surface area (Å²) in [4.78, 5) is 0. The van der Waals surface area contributed by atoms with E-state index in [-0.39, 0.29) is 0 Å². The molecule has 3 rings (SSSR count). The number of ether oxygens (including phenoxy) is 1. The van der Waals surface area contributed by atoms with Crippen LogP contribution in [-0.2, 0) is 0 Å². The van der Waals surface area contributed by atoms with Crippen molar-refractivity contribution in [2.75, 3.05) is 6.61 Å². The predicted molar refractivity (Wildman–Crippen MR) is 102 cm³/mol. The molecule has 0 aliphatic rings. The molecule has 24 heavy (non-hydrogen) atoms. The van der Waals surface area contributed by atoms with Crippen molar-refractivity contribution < 1.29 is 4.74 Å². The lowest BCUT2D eigenvalue weighted by Crippen LogP contribution is -2.02. The van der Waals surface area contributed by atoms with E-state index in [1.807, 2.05) is 12.1 Å². The highest BCUT2D eigenvalue weighted by atomic mass is 16.5. The fraction of sp³-hybridized carbons (Fsp3) is 0.217. The molecule has 0 saturated carbocycles. The average Bonchev–Trinajstić information content (AvgIpc) is 2.63. The first-order chi connectivity index (χ1) is 11.7. The van der Waals surface area contributed by atoms with Gasteiger partial charge in [-0.15, -0.1) is 0 Å². The van der Waals surface area contributed by atoms with Gasteiger partial charge in [0.2, 0.25) is 0 Å². The lowest BCUT2D eigenvalue weighted by Gasteiger charge is -2.13. The molecule has 0 saturated heterocycles. The second-order valence-corrected chi connectivity index (χ2v) is 6.47. The summed E-state index contributed by atoms with van der Waals surface area (Å²) in [5.41, 5.74) is 4.82. The second kappa shape index (κ2) is 7.83. The van der Waals surface area contributed by atoms with E-state index >= 15 is 0 Å². The molecule has 0 aliphatic heterocycles.